The summed E-state index contributed by atoms with van der Waals surface area (Å²) in [5.41, 5.74) is 1.02. The first kappa shape index (κ1) is 18.9. The van der Waals surface area contributed by atoms with Gasteiger partial charge in [-0.05, 0) is 40.4 Å². The Kier molecular flexibility index (Phi) is 6.78. The van der Waals surface area contributed by atoms with Crippen LogP contribution in [0.5, 0.6) is 0 Å². The lowest BCUT2D eigenvalue weighted by molar-refractivity contribution is -0.126. The molecule has 1 heterocycles. The Labute approximate surface area is 146 Å². The third-order valence-corrected chi connectivity index (χ3v) is 4.52. The summed E-state index contributed by atoms with van der Waals surface area (Å²) in [5.74, 6) is 0.0485. The smallest absolute Gasteiger partial charge is 0.241 e. The molecule has 1 aromatic carbocycles. The zero-order chi connectivity index (χ0) is 17.7. The van der Waals surface area contributed by atoms with Crippen molar-refractivity contribution >= 4 is 5.91 Å². The molecule has 0 unspecified atom stereocenters. The number of carbonyl (C=O) groups excluding carboxylic acids is 1. The number of ether oxygens (including phenoxy) is 1. The molecule has 5 nitrogen and oxygen atoms in total. The second-order valence-electron chi connectivity index (χ2n) is 7.08. The number of rotatable bonds is 6. The molecule has 2 rings (SSSR count). The molecule has 0 aliphatic carbocycles. The van der Waals surface area contributed by atoms with Gasteiger partial charge in [0.05, 0.1) is 12.2 Å². The number of nitrogens with zero attached hydrogens (tertiary/aromatic N) is 2. The van der Waals surface area contributed by atoms with Crippen LogP contribution < -0.4 is 5.32 Å². The van der Waals surface area contributed by atoms with Crippen LogP contribution in [0, 0.1) is 0 Å². The van der Waals surface area contributed by atoms with Gasteiger partial charge in [0, 0.05) is 25.7 Å². The topological polar surface area (TPSA) is 44.8 Å². The maximum Gasteiger partial charge on any atom is 0.241 e. The van der Waals surface area contributed by atoms with Crippen LogP contribution >= 0.6 is 0 Å². The van der Waals surface area contributed by atoms with Crippen molar-refractivity contribution in [3.8, 4) is 0 Å². The highest BCUT2D eigenvalue weighted by Gasteiger charge is 2.27. The molecule has 1 N–H and O–H groups in total. The van der Waals surface area contributed by atoms with E-state index in [9.17, 15) is 4.79 Å². The normalized spacial score (nSPS) is 24.6. The molecule has 1 fully saturated rings. The fourth-order valence-electron chi connectivity index (χ4n) is 3.37. The monoisotopic (exact) mass is 333 g/mol. The minimum Gasteiger partial charge on any atom is -0.373 e. The van der Waals surface area contributed by atoms with E-state index in [1.165, 1.54) is 0 Å². The van der Waals surface area contributed by atoms with Crippen LogP contribution in [0.15, 0.2) is 30.3 Å². The van der Waals surface area contributed by atoms with Crippen LogP contribution in [0.3, 0.4) is 0 Å². The fourth-order valence-corrected chi connectivity index (χ4v) is 3.37. The van der Waals surface area contributed by atoms with Crippen LogP contribution in [0.2, 0.25) is 0 Å². The first-order valence-corrected chi connectivity index (χ1v) is 8.77. The van der Waals surface area contributed by atoms with Gasteiger partial charge in [0.15, 0.2) is 0 Å². The lowest BCUT2D eigenvalue weighted by Gasteiger charge is -2.39. The van der Waals surface area contributed by atoms with Crippen LogP contribution in [0.25, 0.3) is 0 Å². The van der Waals surface area contributed by atoms with Crippen molar-refractivity contribution < 1.29 is 9.53 Å². The lowest BCUT2D eigenvalue weighted by atomic mass is 10.1. The predicted molar refractivity (Wildman–Crippen MR) is 96.9 cm³/mol. The Morgan fingerprint density at radius 1 is 1.25 bits per heavy atom. The first-order chi connectivity index (χ1) is 11.4. The molecule has 134 valence electrons. The number of hydrogen-bond acceptors (Lipinski definition) is 4. The average Bonchev–Trinajstić information content (AvgIpc) is 2.52. The molecule has 0 spiro atoms. The summed E-state index contributed by atoms with van der Waals surface area (Å²) < 4.78 is 5.78. The van der Waals surface area contributed by atoms with Gasteiger partial charge in [-0.3, -0.25) is 14.6 Å². The molecule has 1 saturated heterocycles. The molecule has 24 heavy (non-hydrogen) atoms. The molecule has 1 aliphatic rings. The van der Waals surface area contributed by atoms with Gasteiger partial charge in [-0.2, -0.15) is 0 Å². The number of morpholine rings is 1. The van der Waals surface area contributed by atoms with Gasteiger partial charge in [0.2, 0.25) is 5.91 Å². The molecule has 0 bridgehead atoms. The quantitative estimate of drug-likeness (QED) is 0.864. The molecular weight excluding hydrogens is 302 g/mol. The van der Waals surface area contributed by atoms with Crippen LogP contribution in [0.1, 0.15) is 32.4 Å². The third kappa shape index (κ3) is 5.03. The van der Waals surface area contributed by atoms with E-state index in [0.29, 0.717) is 12.6 Å². The zero-order valence-corrected chi connectivity index (χ0v) is 15.5. The summed E-state index contributed by atoms with van der Waals surface area (Å²) in [6.07, 6.45) is 0.483. The zero-order valence-electron chi connectivity index (χ0n) is 15.5. The minimum atomic E-state index is -0.263. The second kappa shape index (κ2) is 8.60. The SMILES string of the molecule is C[C@@H]1CN([C@H](C)CNC(=O)[C@H](c2ccccc2)N(C)C)C[C@H](C)O1. The van der Waals surface area contributed by atoms with Crippen molar-refractivity contribution in [2.24, 2.45) is 0 Å². The van der Waals surface area contributed by atoms with Crippen molar-refractivity contribution in [3.05, 3.63) is 35.9 Å². The van der Waals surface area contributed by atoms with E-state index in [-0.39, 0.29) is 24.2 Å². The summed E-state index contributed by atoms with van der Waals surface area (Å²) in [5, 5.41) is 3.13. The molecule has 5 heteroatoms. The third-order valence-electron chi connectivity index (χ3n) is 4.52. The molecule has 4 atom stereocenters. The highest BCUT2D eigenvalue weighted by atomic mass is 16.5. The van der Waals surface area contributed by atoms with Gasteiger partial charge in [-0.15, -0.1) is 0 Å². The van der Waals surface area contributed by atoms with E-state index in [4.69, 9.17) is 4.74 Å². The summed E-state index contributed by atoms with van der Waals surface area (Å²) >= 11 is 0. The van der Waals surface area contributed by atoms with E-state index >= 15 is 0 Å². The second-order valence-corrected chi connectivity index (χ2v) is 7.08. The van der Waals surface area contributed by atoms with Crippen molar-refractivity contribution in [1.82, 2.24) is 15.1 Å². The molecule has 0 saturated carbocycles. The summed E-state index contributed by atoms with van der Waals surface area (Å²) in [7, 11) is 3.87. The number of hydrogen-bond donors (Lipinski definition) is 1. The van der Waals surface area contributed by atoms with Crippen LogP contribution in [-0.4, -0.2) is 67.7 Å². The number of benzene rings is 1. The van der Waals surface area contributed by atoms with E-state index in [1.54, 1.807) is 0 Å². The van der Waals surface area contributed by atoms with Gasteiger partial charge in [-0.1, -0.05) is 30.3 Å². The van der Waals surface area contributed by atoms with Crippen molar-refractivity contribution in [3.63, 3.8) is 0 Å². The van der Waals surface area contributed by atoms with Crippen LogP contribution in [-0.2, 0) is 9.53 Å². The maximum atomic E-state index is 12.7. The Morgan fingerprint density at radius 3 is 2.38 bits per heavy atom. The summed E-state index contributed by atoms with van der Waals surface area (Å²) in [4.78, 5) is 17.1. The standard InChI is InChI=1S/C19H31N3O2/c1-14(22-12-15(2)24-16(3)13-22)11-20-19(23)18(21(4)5)17-9-7-6-8-10-17/h6-10,14-16,18H,11-13H2,1-5H3,(H,20,23)/t14-,15-,16+,18+/m1/s1. The Balaban J connectivity index is 1.93. The first-order valence-electron chi connectivity index (χ1n) is 8.77. The summed E-state index contributed by atoms with van der Waals surface area (Å²) in [6.45, 7) is 8.85. The number of carbonyl (C=O) groups is 1. The van der Waals surface area contributed by atoms with Crippen molar-refractivity contribution in [2.45, 2.75) is 45.1 Å². The number of nitrogens with one attached hydrogen (secondary N) is 1. The van der Waals surface area contributed by atoms with E-state index < -0.39 is 0 Å². The largest absolute Gasteiger partial charge is 0.373 e. The molecule has 0 aromatic heterocycles. The Hall–Kier alpha value is -1.43. The molecule has 0 radical (unpaired) electrons. The van der Waals surface area contributed by atoms with E-state index in [1.807, 2.05) is 49.3 Å². The maximum absolute atomic E-state index is 12.7. The van der Waals surface area contributed by atoms with E-state index in [0.717, 1.165) is 18.7 Å². The molecule has 1 aliphatic heterocycles. The van der Waals surface area contributed by atoms with E-state index in [2.05, 4.69) is 31.0 Å². The summed E-state index contributed by atoms with van der Waals surface area (Å²) in [6, 6.07) is 9.94. The minimum absolute atomic E-state index is 0.0485. The predicted octanol–water partition coefficient (Wildman–Crippen LogP) is 1.90. The Morgan fingerprint density at radius 2 is 1.83 bits per heavy atom. The van der Waals surface area contributed by atoms with Crippen LogP contribution in [0.4, 0.5) is 0 Å². The van der Waals surface area contributed by atoms with Crippen molar-refractivity contribution in [2.75, 3.05) is 33.7 Å². The highest BCUT2D eigenvalue weighted by Crippen LogP contribution is 2.18. The number of likely N-dealkylation sites (N-methyl/N-ethyl adjacent to an activating group) is 1. The molecular formula is C19H31N3O2. The van der Waals surface area contributed by atoms with Gasteiger partial charge in [0.25, 0.3) is 0 Å². The fraction of sp³-hybridized carbons (Fsp3) is 0.632. The van der Waals surface area contributed by atoms with Crippen molar-refractivity contribution in [1.29, 1.82) is 0 Å². The average molecular weight is 333 g/mol. The molecule has 1 aromatic rings. The number of amides is 1. The van der Waals surface area contributed by atoms with Gasteiger partial charge >= 0.3 is 0 Å². The Bertz CT molecular complexity index is 511. The lowest BCUT2D eigenvalue weighted by Crippen LogP contribution is -2.52. The van der Waals surface area contributed by atoms with Gasteiger partial charge < -0.3 is 10.1 Å². The molecule has 1 amide bonds. The van der Waals surface area contributed by atoms with Gasteiger partial charge in [-0.25, -0.2) is 0 Å². The highest BCUT2D eigenvalue weighted by molar-refractivity contribution is 5.83. The van der Waals surface area contributed by atoms with Gasteiger partial charge in [0.1, 0.15) is 6.04 Å².